The first-order valence-electron chi connectivity index (χ1n) is 11.6. The summed E-state index contributed by atoms with van der Waals surface area (Å²) < 4.78 is 0. The van der Waals surface area contributed by atoms with Crippen LogP contribution in [-0.2, 0) is 9.59 Å². The first-order chi connectivity index (χ1) is 16.1. The predicted molar refractivity (Wildman–Crippen MR) is 136 cm³/mol. The van der Waals surface area contributed by atoms with Crippen LogP contribution < -0.4 is 10.6 Å². The van der Waals surface area contributed by atoms with Crippen molar-refractivity contribution >= 4 is 35.0 Å². The Morgan fingerprint density at radius 3 is 2.24 bits per heavy atom. The fourth-order valence-corrected chi connectivity index (χ4v) is 5.31. The molecule has 1 saturated carbocycles. The largest absolute Gasteiger partial charge is 0.326 e. The van der Waals surface area contributed by atoms with Crippen LogP contribution >= 0.6 is 11.8 Å². The minimum atomic E-state index is -0.420. The number of benzene rings is 3. The molecule has 5 heteroatoms. The molecule has 1 aliphatic carbocycles. The van der Waals surface area contributed by atoms with Crippen LogP contribution in [0.25, 0.3) is 0 Å². The lowest BCUT2D eigenvalue weighted by Gasteiger charge is -2.21. The van der Waals surface area contributed by atoms with Gasteiger partial charge >= 0.3 is 0 Å². The van der Waals surface area contributed by atoms with Crippen LogP contribution in [0.3, 0.4) is 0 Å². The van der Waals surface area contributed by atoms with Crippen LogP contribution in [0, 0.1) is 12.8 Å². The van der Waals surface area contributed by atoms with Gasteiger partial charge in [0, 0.05) is 22.2 Å². The summed E-state index contributed by atoms with van der Waals surface area (Å²) in [5.74, 6) is 0.134. The van der Waals surface area contributed by atoms with E-state index in [1.54, 1.807) is 0 Å². The molecule has 0 aliphatic heterocycles. The molecule has 2 N–H and O–H groups in total. The number of carbonyl (C=O) groups excluding carboxylic acids is 2. The van der Waals surface area contributed by atoms with Gasteiger partial charge in [-0.2, -0.15) is 0 Å². The number of nitrogens with one attached hydrogen (secondary N) is 2. The van der Waals surface area contributed by atoms with E-state index in [9.17, 15) is 9.59 Å². The first-order valence-corrected chi connectivity index (χ1v) is 12.5. The Morgan fingerprint density at radius 1 is 0.818 bits per heavy atom. The summed E-state index contributed by atoms with van der Waals surface area (Å²) in [6.07, 6.45) is 5.41. The quantitative estimate of drug-likeness (QED) is 0.375. The summed E-state index contributed by atoms with van der Waals surface area (Å²) >= 11 is 1.49. The standard InChI is InChI=1S/C28H30N2O2S/c1-20-10-8-15-23(18-20)30-28(32)26(21-11-4-2-5-12-21)33-25-17-9-16-24(19-25)29-27(31)22-13-6-3-7-14-22/h2,4-5,8-12,15-19,22,26H,3,6-7,13-14H2,1H3,(H,29,31)(H,30,32). The molecule has 0 saturated heterocycles. The molecule has 4 rings (SSSR count). The first kappa shape index (κ1) is 23.1. The molecule has 3 aromatic rings. The van der Waals surface area contributed by atoms with Gasteiger partial charge in [-0.1, -0.05) is 67.8 Å². The minimum absolute atomic E-state index is 0.0755. The van der Waals surface area contributed by atoms with Gasteiger partial charge in [-0.15, -0.1) is 11.8 Å². The molecule has 170 valence electrons. The fraction of sp³-hybridized carbons (Fsp3) is 0.286. The second-order valence-corrected chi connectivity index (χ2v) is 9.80. The summed E-state index contributed by atoms with van der Waals surface area (Å²) in [7, 11) is 0. The molecule has 0 bridgehead atoms. The summed E-state index contributed by atoms with van der Waals surface area (Å²) in [4.78, 5) is 26.9. The lowest BCUT2D eigenvalue weighted by Crippen LogP contribution is -2.24. The van der Waals surface area contributed by atoms with Gasteiger partial charge in [0.15, 0.2) is 0 Å². The third-order valence-corrected chi connectivity index (χ3v) is 7.21. The van der Waals surface area contributed by atoms with Gasteiger partial charge in [0.2, 0.25) is 11.8 Å². The maximum Gasteiger partial charge on any atom is 0.242 e. The number of hydrogen-bond donors (Lipinski definition) is 2. The number of aryl methyl sites for hydroxylation is 1. The molecule has 3 aromatic carbocycles. The van der Waals surface area contributed by atoms with Crippen molar-refractivity contribution in [3.8, 4) is 0 Å². The summed E-state index contributed by atoms with van der Waals surface area (Å²) in [5, 5.41) is 5.73. The SMILES string of the molecule is Cc1cccc(NC(=O)C(Sc2cccc(NC(=O)C3CCCCC3)c2)c2ccccc2)c1. The van der Waals surface area contributed by atoms with Crippen molar-refractivity contribution in [2.24, 2.45) is 5.92 Å². The Balaban J connectivity index is 1.50. The van der Waals surface area contributed by atoms with Crippen LogP contribution in [0.4, 0.5) is 11.4 Å². The van der Waals surface area contributed by atoms with E-state index in [2.05, 4.69) is 10.6 Å². The Kier molecular flexibility index (Phi) is 7.84. The average molecular weight is 459 g/mol. The lowest BCUT2D eigenvalue weighted by molar-refractivity contribution is -0.120. The average Bonchev–Trinajstić information content (AvgIpc) is 2.84. The molecule has 0 heterocycles. The number of amides is 2. The van der Waals surface area contributed by atoms with Crippen molar-refractivity contribution in [1.82, 2.24) is 0 Å². The Labute approximate surface area is 200 Å². The maximum atomic E-state index is 13.3. The Hall–Kier alpha value is -3.05. The van der Waals surface area contributed by atoms with Crippen molar-refractivity contribution < 1.29 is 9.59 Å². The van der Waals surface area contributed by atoms with E-state index >= 15 is 0 Å². The van der Waals surface area contributed by atoms with Crippen molar-refractivity contribution in [2.45, 2.75) is 49.2 Å². The summed E-state index contributed by atoms with van der Waals surface area (Å²) in [6.45, 7) is 2.01. The topological polar surface area (TPSA) is 58.2 Å². The van der Waals surface area contributed by atoms with Crippen molar-refractivity contribution in [3.63, 3.8) is 0 Å². The smallest absolute Gasteiger partial charge is 0.242 e. The highest BCUT2D eigenvalue weighted by molar-refractivity contribution is 8.00. The number of carbonyl (C=O) groups is 2. The zero-order chi connectivity index (χ0) is 23.0. The van der Waals surface area contributed by atoms with E-state index in [1.807, 2.05) is 85.8 Å². The van der Waals surface area contributed by atoms with Crippen LogP contribution in [-0.4, -0.2) is 11.8 Å². The van der Waals surface area contributed by atoms with Crippen LogP contribution in [0.15, 0.2) is 83.8 Å². The van der Waals surface area contributed by atoms with Gasteiger partial charge in [-0.05, 0) is 61.2 Å². The summed E-state index contributed by atoms with van der Waals surface area (Å²) in [6, 6.07) is 25.4. The minimum Gasteiger partial charge on any atom is -0.326 e. The molecule has 0 radical (unpaired) electrons. The highest BCUT2D eigenvalue weighted by Crippen LogP contribution is 2.37. The van der Waals surface area contributed by atoms with E-state index in [0.29, 0.717) is 0 Å². The molecule has 4 nitrogen and oxygen atoms in total. The molecular formula is C28H30N2O2S. The Morgan fingerprint density at radius 2 is 1.52 bits per heavy atom. The van der Waals surface area contributed by atoms with E-state index in [4.69, 9.17) is 0 Å². The second-order valence-electron chi connectivity index (χ2n) is 8.62. The summed E-state index contributed by atoms with van der Waals surface area (Å²) in [5.41, 5.74) is 3.60. The monoisotopic (exact) mass is 458 g/mol. The molecule has 1 unspecified atom stereocenters. The normalized spacial score (nSPS) is 14.9. The molecule has 33 heavy (non-hydrogen) atoms. The highest BCUT2D eigenvalue weighted by atomic mass is 32.2. The molecule has 0 aromatic heterocycles. The molecule has 2 amide bonds. The molecule has 1 fully saturated rings. The number of anilines is 2. The molecule has 0 spiro atoms. The third kappa shape index (κ3) is 6.48. The van der Waals surface area contributed by atoms with Gasteiger partial charge in [0.1, 0.15) is 5.25 Å². The van der Waals surface area contributed by atoms with Crippen molar-refractivity contribution in [3.05, 3.63) is 90.0 Å². The van der Waals surface area contributed by atoms with Gasteiger partial charge < -0.3 is 10.6 Å². The number of hydrogen-bond acceptors (Lipinski definition) is 3. The second kappa shape index (κ2) is 11.2. The lowest BCUT2D eigenvalue weighted by atomic mass is 9.88. The predicted octanol–water partition coefficient (Wildman–Crippen LogP) is 6.99. The zero-order valence-corrected chi connectivity index (χ0v) is 19.7. The van der Waals surface area contributed by atoms with Gasteiger partial charge in [-0.3, -0.25) is 9.59 Å². The van der Waals surface area contributed by atoms with Gasteiger partial charge in [0.05, 0.1) is 0 Å². The van der Waals surface area contributed by atoms with Gasteiger partial charge in [0.25, 0.3) is 0 Å². The maximum absolute atomic E-state index is 13.3. The van der Waals surface area contributed by atoms with E-state index in [1.165, 1.54) is 18.2 Å². The fourth-order valence-electron chi connectivity index (χ4n) is 4.22. The third-order valence-electron chi connectivity index (χ3n) is 5.96. The Bertz CT molecular complexity index is 1090. The van der Waals surface area contributed by atoms with E-state index in [-0.39, 0.29) is 17.7 Å². The van der Waals surface area contributed by atoms with Gasteiger partial charge in [-0.25, -0.2) is 0 Å². The van der Waals surface area contributed by atoms with Crippen LogP contribution in [0.5, 0.6) is 0 Å². The van der Waals surface area contributed by atoms with Crippen molar-refractivity contribution in [1.29, 1.82) is 0 Å². The molecule has 1 aliphatic rings. The van der Waals surface area contributed by atoms with Crippen molar-refractivity contribution in [2.75, 3.05) is 10.6 Å². The zero-order valence-electron chi connectivity index (χ0n) is 18.9. The van der Waals surface area contributed by atoms with Crippen LogP contribution in [0.1, 0.15) is 48.5 Å². The van der Waals surface area contributed by atoms with E-state index in [0.717, 1.165) is 53.1 Å². The molecule has 1 atom stereocenters. The van der Waals surface area contributed by atoms with E-state index < -0.39 is 5.25 Å². The highest BCUT2D eigenvalue weighted by Gasteiger charge is 2.24. The molecular weight excluding hydrogens is 428 g/mol. The van der Waals surface area contributed by atoms with Crippen LogP contribution in [0.2, 0.25) is 0 Å². The number of thioether (sulfide) groups is 1. The number of rotatable bonds is 7.